The second-order valence-corrected chi connectivity index (χ2v) is 8.04. The lowest BCUT2D eigenvalue weighted by atomic mass is 10.0. The number of benzene rings is 2. The van der Waals surface area contributed by atoms with Crippen LogP contribution in [0.15, 0.2) is 66.9 Å². The van der Waals surface area contributed by atoms with Gasteiger partial charge in [0, 0.05) is 30.0 Å². The highest BCUT2D eigenvalue weighted by Gasteiger charge is 2.25. The first-order valence-corrected chi connectivity index (χ1v) is 10.1. The van der Waals surface area contributed by atoms with E-state index in [0.29, 0.717) is 12.1 Å². The molecule has 0 fully saturated rings. The van der Waals surface area contributed by atoms with Gasteiger partial charge >= 0.3 is 0 Å². The molecule has 0 saturated heterocycles. The second-order valence-electron chi connectivity index (χ2n) is 8.04. The Balaban J connectivity index is 1.87. The molecular weight excluding hydrogens is 363 g/mol. The van der Waals surface area contributed by atoms with E-state index >= 15 is 0 Å². The van der Waals surface area contributed by atoms with Crippen molar-refractivity contribution < 1.29 is 9.18 Å². The van der Waals surface area contributed by atoms with Crippen molar-refractivity contribution in [2.24, 2.45) is 5.92 Å². The molecule has 152 valence electrons. The summed E-state index contributed by atoms with van der Waals surface area (Å²) in [5.74, 6) is -0.252. The van der Waals surface area contributed by atoms with E-state index in [-0.39, 0.29) is 17.9 Å². The molecule has 1 heterocycles. The van der Waals surface area contributed by atoms with E-state index in [2.05, 4.69) is 62.6 Å². The number of amides is 1. The number of nitrogens with zero attached hydrogens (tertiary/aromatic N) is 2. The van der Waals surface area contributed by atoms with Crippen LogP contribution < -0.4 is 0 Å². The second kappa shape index (κ2) is 9.08. The van der Waals surface area contributed by atoms with Crippen LogP contribution >= 0.6 is 0 Å². The van der Waals surface area contributed by atoms with Crippen molar-refractivity contribution in [1.82, 2.24) is 9.47 Å². The van der Waals surface area contributed by atoms with Gasteiger partial charge in [-0.3, -0.25) is 4.79 Å². The predicted molar refractivity (Wildman–Crippen MR) is 115 cm³/mol. The number of carbonyl (C=O) groups excluding carboxylic acids is 1. The molecule has 0 spiro atoms. The topological polar surface area (TPSA) is 25.2 Å². The molecule has 1 amide bonds. The molecule has 0 aliphatic rings. The monoisotopic (exact) mass is 392 g/mol. The highest BCUT2D eigenvalue weighted by atomic mass is 19.1. The van der Waals surface area contributed by atoms with Gasteiger partial charge in [0.05, 0.1) is 6.54 Å². The fourth-order valence-corrected chi connectivity index (χ4v) is 3.48. The van der Waals surface area contributed by atoms with Gasteiger partial charge in [-0.15, -0.1) is 0 Å². The molecule has 1 atom stereocenters. The summed E-state index contributed by atoms with van der Waals surface area (Å²) in [5, 5.41) is 0. The molecule has 0 aliphatic carbocycles. The number of aryl methyl sites for hydroxylation is 1. The fraction of sp³-hybridized carbons (Fsp3) is 0.320. The van der Waals surface area contributed by atoms with E-state index in [1.165, 1.54) is 23.3 Å². The molecule has 0 bridgehead atoms. The van der Waals surface area contributed by atoms with E-state index < -0.39 is 5.82 Å². The van der Waals surface area contributed by atoms with Gasteiger partial charge in [-0.1, -0.05) is 49.7 Å². The van der Waals surface area contributed by atoms with Crippen molar-refractivity contribution in [2.75, 3.05) is 0 Å². The average molecular weight is 393 g/mol. The Labute approximate surface area is 172 Å². The summed E-state index contributed by atoms with van der Waals surface area (Å²) in [6, 6.07) is 18.5. The van der Waals surface area contributed by atoms with Gasteiger partial charge in [0.25, 0.3) is 5.91 Å². The van der Waals surface area contributed by atoms with Crippen LogP contribution in [-0.2, 0) is 13.1 Å². The Morgan fingerprint density at radius 2 is 1.79 bits per heavy atom. The Morgan fingerprint density at radius 3 is 2.48 bits per heavy atom. The summed E-state index contributed by atoms with van der Waals surface area (Å²) in [5.41, 5.74) is 3.90. The van der Waals surface area contributed by atoms with Gasteiger partial charge in [-0.25, -0.2) is 4.39 Å². The molecule has 2 aromatic carbocycles. The van der Waals surface area contributed by atoms with Crippen LogP contribution in [0.2, 0.25) is 0 Å². The number of aromatic nitrogens is 1. The highest BCUT2D eigenvalue weighted by molar-refractivity contribution is 5.94. The molecule has 4 heteroatoms. The molecule has 0 unspecified atom stereocenters. The molecule has 0 N–H and O–H groups in total. The maximum Gasteiger partial charge on any atom is 0.254 e. The molecule has 0 radical (unpaired) electrons. The number of halogens is 1. The normalized spacial score (nSPS) is 12.2. The van der Waals surface area contributed by atoms with E-state index in [0.717, 1.165) is 12.2 Å². The number of carbonyl (C=O) groups is 1. The third-order valence-corrected chi connectivity index (χ3v) is 5.48. The summed E-state index contributed by atoms with van der Waals surface area (Å²) in [6.07, 6.45) is 2.04. The van der Waals surface area contributed by atoms with Crippen molar-refractivity contribution >= 4 is 5.91 Å². The van der Waals surface area contributed by atoms with Crippen LogP contribution in [-0.4, -0.2) is 21.4 Å². The zero-order chi connectivity index (χ0) is 21.0. The van der Waals surface area contributed by atoms with Crippen molar-refractivity contribution in [3.8, 4) is 0 Å². The highest BCUT2D eigenvalue weighted by Crippen LogP contribution is 2.20. The fourth-order valence-electron chi connectivity index (χ4n) is 3.48. The van der Waals surface area contributed by atoms with Crippen molar-refractivity contribution in [2.45, 2.75) is 46.8 Å². The zero-order valence-electron chi connectivity index (χ0n) is 17.6. The lowest BCUT2D eigenvalue weighted by Crippen LogP contribution is -2.41. The molecule has 1 aromatic heterocycles. The average Bonchev–Trinajstić information content (AvgIpc) is 3.11. The lowest BCUT2D eigenvalue weighted by molar-refractivity contribution is 0.0622. The number of hydrogen-bond donors (Lipinski definition) is 0. The molecule has 3 nitrogen and oxygen atoms in total. The first kappa shape index (κ1) is 20.8. The van der Waals surface area contributed by atoms with Gasteiger partial charge in [0.1, 0.15) is 5.82 Å². The minimum absolute atomic E-state index is 0.0214. The minimum Gasteiger partial charge on any atom is -0.345 e. The molecular formula is C25H29FN2O. The summed E-state index contributed by atoms with van der Waals surface area (Å²) < 4.78 is 15.9. The smallest absolute Gasteiger partial charge is 0.254 e. The Morgan fingerprint density at radius 1 is 1.03 bits per heavy atom. The van der Waals surface area contributed by atoms with Crippen LogP contribution in [0.5, 0.6) is 0 Å². The third kappa shape index (κ3) is 5.14. The SMILES string of the molecule is Cc1cccc(Cn2cccc2CN(C(=O)c2cccc(F)c2)[C@@H](C)C(C)C)c1. The molecule has 3 aromatic rings. The standard InChI is InChI=1S/C25H29FN2O/c1-18(2)20(4)28(25(29)22-10-6-11-23(26)15-22)17-24-12-7-13-27(24)16-21-9-5-8-19(3)14-21/h5-15,18,20H,16-17H2,1-4H3/t20-/m0/s1. The van der Waals surface area contributed by atoms with Crippen LogP contribution in [0.25, 0.3) is 0 Å². The zero-order valence-corrected chi connectivity index (χ0v) is 17.6. The third-order valence-electron chi connectivity index (χ3n) is 5.48. The summed E-state index contributed by atoms with van der Waals surface area (Å²) in [7, 11) is 0. The summed E-state index contributed by atoms with van der Waals surface area (Å²) in [4.78, 5) is 15.1. The van der Waals surface area contributed by atoms with Crippen molar-refractivity contribution in [3.05, 3.63) is 95.1 Å². The first-order chi connectivity index (χ1) is 13.8. The lowest BCUT2D eigenvalue weighted by Gasteiger charge is -2.32. The van der Waals surface area contributed by atoms with E-state index in [9.17, 15) is 9.18 Å². The van der Waals surface area contributed by atoms with E-state index in [1.54, 1.807) is 12.1 Å². The van der Waals surface area contributed by atoms with Crippen molar-refractivity contribution in [3.63, 3.8) is 0 Å². The van der Waals surface area contributed by atoms with Gasteiger partial charge in [-0.2, -0.15) is 0 Å². The van der Waals surface area contributed by atoms with E-state index in [4.69, 9.17) is 0 Å². The molecule has 3 rings (SSSR count). The van der Waals surface area contributed by atoms with Crippen LogP contribution in [0.4, 0.5) is 4.39 Å². The Hall–Kier alpha value is -2.88. The van der Waals surface area contributed by atoms with Gasteiger partial charge < -0.3 is 9.47 Å². The van der Waals surface area contributed by atoms with E-state index in [1.807, 2.05) is 17.2 Å². The Kier molecular flexibility index (Phi) is 6.53. The maximum atomic E-state index is 13.7. The minimum atomic E-state index is -0.393. The summed E-state index contributed by atoms with van der Waals surface area (Å²) >= 11 is 0. The first-order valence-electron chi connectivity index (χ1n) is 10.1. The maximum absolute atomic E-state index is 13.7. The number of hydrogen-bond acceptors (Lipinski definition) is 1. The Bertz CT molecular complexity index is 976. The number of rotatable bonds is 7. The summed E-state index contributed by atoms with van der Waals surface area (Å²) in [6.45, 7) is 9.57. The predicted octanol–water partition coefficient (Wildman–Crippen LogP) is 5.67. The van der Waals surface area contributed by atoms with Crippen molar-refractivity contribution in [1.29, 1.82) is 0 Å². The quantitative estimate of drug-likeness (QED) is 0.508. The molecule has 0 saturated carbocycles. The van der Waals surface area contributed by atoms with Crippen LogP contribution in [0.3, 0.4) is 0 Å². The van der Waals surface area contributed by atoms with Crippen LogP contribution in [0.1, 0.15) is 48.0 Å². The molecule has 0 aliphatic heterocycles. The van der Waals surface area contributed by atoms with Gasteiger partial charge in [0.15, 0.2) is 0 Å². The largest absolute Gasteiger partial charge is 0.345 e. The van der Waals surface area contributed by atoms with Gasteiger partial charge in [-0.05, 0) is 55.7 Å². The van der Waals surface area contributed by atoms with Gasteiger partial charge in [0.2, 0.25) is 0 Å². The van der Waals surface area contributed by atoms with Crippen LogP contribution in [0, 0.1) is 18.7 Å². The molecule has 29 heavy (non-hydrogen) atoms.